The van der Waals surface area contributed by atoms with Gasteiger partial charge < -0.3 is 24.3 Å². The Morgan fingerprint density at radius 2 is 1.58 bits per heavy atom. The summed E-state index contributed by atoms with van der Waals surface area (Å²) < 4.78 is 20.1. The number of esters is 3. The number of hydrogen-bond acceptors (Lipinski definition) is 11. The van der Waals surface area contributed by atoms with Crippen molar-refractivity contribution in [3.05, 3.63) is 49.5 Å². The summed E-state index contributed by atoms with van der Waals surface area (Å²) in [7, 11) is 2.53. The van der Waals surface area contributed by atoms with Crippen LogP contribution in [0.2, 0.25) is 0 Å². The third kappa shape index (κ3) is 4.52. The number of benzene rings is 1. The first-order valence-corrected chi connectivity index (χ1v) is 13.7. The van der Waals surface area contributed by atoms with Crippen molar-refractivity contribution >= 4 is 64.5 Å². The van der Waals surface area contributed by atoms with Crippen LogP contribution in [0.25, 0.3) is 5.57 Å². The predicted molar refractivity (Wildman–Crippen MR) is 144 cm³/mol. The summed E-state index contributed by atoms with van der Waals surface area (Å²) in [5.41, 5.74) is 2.04. The van der Waals surface area contributed by atoms with E-state index in [-0.39, 0.29) is 16.4 Å². The van der Waals surface area contributed by atoms with Gasteiger partial charge in [0.05, 0.1) is 37.9 Å². The molecule has 11 heteroatoms. The molecule has 1 N–H and O–H groups in total. The third-order valence-electron chi connectivity index (χ3n) is 5.63. The summed E-state index contributed by atoms with van der Waals surface area (Å²) in [5, 5.41) is 3.56. The van der Waals surface area contributed by atoms with Crippen LogP contribution in [0.1, 0.15) is 33.3 Å². The molecule has 1 spiro atoms. The van der Waals surface area contributed by atoms with E-state index in [1.165, 1.54) is 49.5 Å². The Kier molecular flexibility index (Phi) is 7.45. The number of ether oxygens (including phenoxy) is 4. The molecule has 0 aromatic heterocycles. The summed E-state index contributed by atoms with van der Waals surface area (Å²) in [5.74, 6) is -1.07. The van der Waals surface area contributed by atoms with Crippen LogP contribution in [-0.2, 0) is 28.6 Å². The minimum Gasteiger partial charge on any atom is -0.494 e. The lowest BCUT2D eigenvalue weighted by atomic mass is 9.87. The number of nitrogens with one attached hydrogen (secondary N) is 1. The zero-order chi connectivity index (χ0) is 26.3. The van der Waals surface area contributed by atoms with Gasteiger partial charge in [-0.2, -0.15) is 0 Å². The van der Waals surface area contributed by atoms with Crippen LogP contribution in [-0.4, -0.2) is 55.0 Å². The molecule has 0 saturated heterocycles. The number of anilines is 1. The fourth-order valence-corrected chi connectivity index (χ4v) is 8.91. The fourth-order valence-electron chi connectivity index (χ4n) is 4.17. The van der Waals surface area contributed by atoms with Crippen molar-refractivity contribution in [2.45, 2.75) is 37.3 Å². The van der Waals surface area contributed by atoms with Crippen molar-refractivity contribution in [2.24, 2.45) is 0 Å². The van der Waals surface area contributed by atoms with Gasteiger partial charge in [-0.25, -0.2) is 14.4 Å². The highest BCUT2D eigenvalue weighted by Gasteiger charge is 2.54. The van der Waals surface area contributed by atoms with E-state index in [1.807, 2.05) is 39.0 Å². The van der Waals surface area contributed by atoms with E-state index in [2.05, 4.69) is 5.32 Å². The molecular weight excluding hydrogens is 522 g/mol. The van der Waals surface area contributed by atoms with Crippen LogP contribution in [0, 0.1) is 0 Å². The molecular formula is C25H27NO7S3. The summed E-state index contributed by atoms with van der Waals surface area (Å²) in [6.45, 7) is 8.43. The molecule has 3 aliphatic heterocycles. The molecule has 1 aromatic rings. The topological polar surface area (TPSA) is 100 Å². The molecule has 0 atom stereocenters. The summed E-state index contributed by atoms with van der Waals surface area (Å²) in [6, 6.07) is 5.79. The van der Waals surface area contributed by atoms with Gasteiger partial charge in [0.25, 0.3) is 0 Å². The summed E-state index contributed by atoms with van der Waals surface area (Å²) in [6.07, 6.45) is 1.78. The molecule has 0 fully saturated rings. The van der Waals surface area contributed by atoms with Gasteiger partial charge in [0.15, 0.2) is 0 Å². The standard InChI is InChI=1S/C25H27NO7S3/c1-7-32-13-9-10-15-14(11-13)17-20(24(3,4)26-15)34-16(21(27)33-8-2)12-25(17)35-18(22(28)30-5)19(36-25)23(29)31-6/h9-12,26H,7-8H2,1-6H3. The molecule has 0 bridgehead atoms. The summed E-state index contributed by atoms with van der Waals surface area (Å²) >= 11 is 3.67. The average Bonchev–Trinajstić information content (AvgIpc) is 3.23. The van der Waals surface area contributed by atoms with E-state index >= 15 is 0 Å². The number of methoxy groups -OCH3 is 2. The lowest BCUT2D eigenvalue weighted by molar-refractivity contribution is -0.138. The maximum absolute atomic E-state index is 13.0. The fraction of sp³-hybridized carbons (Fsp3) is 0.400. The molecule has 0 radical (unpaired) electrons. The summed E-state index contributed by atoms with van der Waals surface area (Å²) in [4.78, 5) is 40.0. The van der Waals surface area contributed by atoms with Crippen LogP contribution in [0.5, 0.6) is 5.75 Å². The Hall–Kier alpha value is -2.50. The second-order valence-corrected chi connectivity index (χ2v) is 12.3. The van der Waals surface area contributed by atoms with Crippen LogP contribution in [0.3, 0.4) is 0 Å². The lowest BCUT2D eigenvalue weighted by Crippen LogP contribution is -2.41. The zero-order valence-corrected chi connectivity index (χ0v) is 23.3. The SMILES string of the molecule is CCOC(=O)C1=CC2(SC(C(=O)OC)=C(C(=O)OC)S2)C2=C(S1)C(C)(C)Nc1ccc(OCC)cc12. The lowest BCUT2D eigenvalue weighted by Gasteiger charge is -2.44. The van der Waals surface area contributed by atoms with E-state index in [1.54, 1.807) is 13.0 Å². The maximum atomic E-state index is 13.0. The van der Waals surface area contributed by atoms with Gasteiger partial charge in [-0.1, -0.05) is 35.3 Å². The molecule has 0 aliphatic carbocycles. The molecule has 3 aliphatic rings. The minimum absolute atomic E-state index is 0.131. The highest BCUT2D eigenvalue weighted by Crippen LogP contribution is 2.68. The van der Waals surface area contributed by atoms with Crippen LogP contribution in [0.15, 0.2) is 43.9 Å². The highest BCUT2D eigenvalue weighted by atomic mass is 32.2. The quantitative estimate of drug-likeness (QED) is 0.386. The molecule has 0 unspecified atom stereocenters. The average molecular weight is 550 g/mol. The van der Waals surface area contributed by atoms with Gasteiger partial charge in [0.1, 0.15) is 19.6 Å². The van der Waals surface area contributed by atoms with Crippen LogP contribution >= 0.6 is 35.3 Å². The third-order valence-corrected chi connectivity index (χ3v) is 10.1. The van der Waals surface area contributed by atoms with Crippen molar-refractivity contribution in [3.8, 4) is 5.75 Å². The van der Waals surface area contributed by atoms with Gasteiger partial charge >= 0.3 is 17.9 Å². The van der Waals surface area contributed by atoms with Gasteiger partial charge in [-0.05, 0) is 52.0 Å². The van der Waals surface area contributed by atoms with Gasteiger partial charge in [-0.15, -0.1) is 0 Å². The van der Waals surface area contributed by atoms with E-state index in [4.69, 9.17) is 18.9 Å². The second-order valence-electron chi connectivity index (χ2n) is 8.44. The molecule has 4 rings (SSSR count). The van der Waals surface area contributed by atoms with E-state index in [0.717, 1.165) is 21.7 Å². The normalized spacial score (nSPS) is 19.1. The first kappa shape index (κ1) is 26.6. The highest BCUT2D eigenvalue weighted by molar-refractivity contribution is 8.26. The van der Waals surface area contributed by atoms with E-state index in [0.29, 0.717) is 17.3 Å². The molecule has 0 saturated carbocycles. The largest absolute Gasteiger partial charge is 0.494 e. The van der Waals surface area contributed by atoms with Crippen molar-refractivity contribution in [1.82, 2.24) is 0 Å². The number of carbonyl (C=O) groups is 3. The van der Waals surface area contributed by atoms with Crippen molar-refractivity contribution in [3.63, 3.8) is 0 Å². The first-order chi connectivity index (χ1) is 17.1. The zero-order valence-electron chi connectivity index (χ0n) is 20.8. The second kappa shape index (κ2) is 10.1. The van der Waals surface area contributed by atoms with Crippen molar-refractivity contribution in [1.29, 1.82) is 0 Å². The number of thioether (sulfide) groups is 3. The Balaban J connectivity index is 1.98. The smallest absolute Gasteiger partial charge is 0.345 e. The number of rotatable bonds is 6. The Labute approximate surface area is 222 Å². The van der Waals surface area contributed by atoms with Gasteiger partial charge in [0.2, 0.25) is 0 Å². The van der Waals surface area contributed by atoms with E-state index < -0.39 is 27.5 Å². The number of fused-ring (bicyclic) bond motifs is 3. The van der Waals surface area contributed by atoms with Crippen molar-refractivity contribution < 1.29 is 33.3 Å². The number of hydrogen-bond donors (Lipinski definition) is 1. The van der Waals surface area contributed by atoms with Gasteiger partial charge in [-0.3, -0.25) is 0 Å². The molecule has 0 amide bonds. The molecule has 8 nitrogen and oxygen atoms in total. The Bertz CT molecular complexity index is 1200. The molecule has 192 valence electrons. The molecule has 1 aromatic carbocycles. The molecule has 3 heterocycles. The Morgan fingerprint density at radius 3 is 2.14 bits per heavy atom. The monoisotopic (exact) mass is 549 g/mol. The van der Waals surface area contributed by atoms with Gasteiger partial charge in [0, 0.05) is 21.7 Å². The maximum Gasteiger partial charge on any atom is 0.345 e. The predicted octanol–water partition coefficient (Wildman–Crippen LogP) is 4.93. The number of carbonyl (C=O) groups excluding carboxylic acids is 3. The van der Waals surface area contributed by atoms with E-state index in [9.17, 15) is 14.4 Å². The Morgan fingerprint density at radius 1 is 0.944 bits per heavy atom. The van der Waals surface area contributed by atoms with Crippen molar-refractivity contribution in [2.75, 3.05) is 32.8 Å². The minimum atomic E-state index is -1.03. The molecule has 36 heavy (non-hydrogen) atoms. The first-order valence-electron chi connectivity index (χ1n) is 11.3. The van der Waals surface area contributed by atoms with Crippen LogP contribution < -0.4 is 10.1 Å². The van der Waals surface area contributed by atoms with Crippen LogP contribution in [0.4, 0.5) is 5.69 Å².